The third-order valence-corrected chi connectivity index (χ3v) is 3.93. The molecular formula is C15H28N2O2. The van der Waals surface area contributed by atoms with Gasteiger partial charge in [-0.25, -0.2) is 0 Å². The summed E-state index contributed by atoms with van der Waals surface area (Å²) in [4.78, 5) is 24.4. The Bertz CT molecular complexity index is 352. The van der Waals surface area contributed by atoms with Crippen molar-refractivity contribution in [2.24, 2.45) is 23.0 Å². The first-order valence-electron chi connectivity index (χ1n) is 7.20. The van der Waals surface area contributed by atoms with E-state index in [2.05, 4.69) is 19.2 Å². The molecule has 4 heteroatoms. The molecule has 4 nitrogen and oxygen atoms in total. The van der Waals surface area contributed by atoms with Crippen LogP contribution in [0.5, 0.6) is 0 Å². The molecule has 0 aliphatic heterocycles. The predicted molar refractivity (Wildman–Crippen MR) is 76.3 cm³/mol. The summed E-state index contributed by atoms with van der Waals surface area (Å²) in [5.41, 5.74) is 4.70. The van der Waals surface area contributed by atoms with E-state index >= 15 is 0 Å². The monoisotopic (exact) mass is 268 g/mol. The number of primary amides is 1. The van der Waals surface area contributed by atoms with Crippen molar-refractivity contribution in [1.82, 2.24) is 5.32 Å². The van der Waals surface area contributed by atoms with Crippen LogP contribution < -0.4 is 11.1 Å². The molecule has 19 heavy (non-hydrogen) atoms. The second kappa shape index (κ2) is 5.51. The van der Waals surface area contributed by atoms with Crippen molar-refractivity contribution in [2.75, 3.05) is 0 Å². The van der Waals surface area contributed by atoms with Gasteiger partial charge in [0, 0.05) is 5.54 Å². The van der Waals surface area contributed by atoms with Gasteiger partial charge in [0.25, 0.3) is 0 Å². The standard InChI is InChI=1S/C15H28N2O2/c1-10(2)9-11(12(18)17-14(3,4)5)15(13(16)19)7-6-8-15/h10-11H,6-9H2,1-5H3,(H2,16,19)(H,17,18)/t11-/m0/s1. The lowest BCUT2D eigenvalue weighted by Crippen LogP contribution is -2.56. The van der Waals surface area contributed by atoms with Gasteiger partial charge in [0.1, 0.15) is 0 Å². The van der Waals surface area contributed by atoms with Gasteiger partial charge in [0.05, 0.1) is 11.3 Å². The second-order valence-electron chi connectivity index (χ2n) is 7.30. The number of hydrogen-bond donors (Lipinski definition) is 2. The molecule has 1 saturated carbocycles. The Morgan fingerprint density at radius 2 is 1.79 bits per heavy atom. The molecule has 3 N–H and O–H groups in total. The molecule has 0 unspecified atom stereocenters. The van der Waals surface area contributed by atoms with Gasteiger partial charge in [-0.3, -0.25) is 9.59 Å². The summed E-state index contributed by atoms with van der Waals surface area (Å²) in [7, 11) is 0. The van der Waals surface area contributed by atoms with E-state index in [4.69, 9.17) is 5.73 Å². The van der Waals surface area contributed by atoms with Crippen molar-refractivity contribution < 1.29 is 9.59 Å². The number of carbonyl (C=O) groups excluding carboxylic acids is 2. The maximum atomic E-state index is 12.5. The number of nitrogens with one attached hydrogen (secondary N) is 1. The molecule has 0 bridgehead atoms. The summed E-state index contributed by atoms with van der Waals surface area (Å²) < 4.78 is 0. The SMILES string of the molecule is CC(C)C[C@@H](C(=O)NC(C)(C)C)C1(C(N)=O)CCC1. The van der Waals surface area contributed by atoms with Crippen LogP contribution in [-0.2, 0) is 9.59 Å². The molecule has 2 amide bonds. The average Bonchev–Trinajstić information content (AvgIpc) is 2.09. The fourth-order valence-electron chi connectivity index (χ4n) is 2.84. The number of rotatable bonds is 5. The van der Waals surface area contributed by atoms with Gasteiger partial charge >= 0.3 is 0 Å². The quantitative estimate of drug-likeness (QED) is 0.802. The van der Waals surface area contributed by atoms with E-state index in [1.165, 1.54) is 0 Å². The van der Waals surface area contributed by atoms with Crippen LogP contribution in [0.15, 0.2) is 0 Å². The van der Waals surface area contributed by atoms with Gasteiger partial charge in [-0.15, -0.1) is 0 Å². The fourth-order valence-corrected chi connectivity index (χ4v) is 2.84. The zero-order chi connectivity index (χ0) is 14.8. The Kier molecular flexibility index (Phi) is 4.64. The summed E-state index contributed by atoms with van der Waals surface area (Å²) in [5.74, 6) is -0.265. The highest BCUT2D eigenvalue weighted by molar-refractivity contribution is 5.90. The van der Waals surface area contributed by atoms with E-state index in [1.54, 1.807) is 0 Å². The van der Waals surface area contributed by atoms with Gasteiger partial charge in [-0.1, -0.05) is 20.3 Å². The minimum Gasteiger partial charge on any atom is -0.369 e. The molecule has 110 valence electrons. The minimum absolute atomic E-state index is 0.0281. The third kappa shape index (κ3) is 3.71. The molecule has 1 fully saturated rings. The van der Waals surface area contributed by atoms with E-state index in [-0.39, 0.29) is 23.3 Å². The highest BCUT2D eigenvalue weighted by atomic mass is 16.2. The van der Waals surface area contributed by atoms with Crippen molar-refractivity contribution >= 4 is 11.8 Å². The zero-order valence-electron chi connectivity index (χ0n) is 12.9. The third-order valence-electron chi connectivity index (χ3n) is 3.93. The minimum atomic E-state index is -0.612. The Morgan fingerprint density at radius 1 is 1.26 bits per heavy atom. The molecule has 1 aliphatic carbocycles. The van der Waals surface area contributed by atoms with E-state index < -0.39 is 5.41 Å². The van der Waals surface area contributed by atoms with Crippen LogP contribution >= 0.6 is 0 Å². The molecule has 0 aromatic heterocycles. The van der Waals surface area contributed by atoms with Crippen LogP contribution in [0.25, 0.3) is 0 Å². The first kappa shape index (κ1) is 16.0. The van der Waals surface area contributed by atoms with E-state index in [1.807, 2.05) is 20.8 Å². The topological polar surface area (TPSA) is 72.2 Å². The first-order chi connectivity index (χ1) is 8.58. The molecule has 0 saturated heterocycles. The second-order valence-corrected chi connectivity index (χ2v) is 7.30. The maximum absolute atomic E-state index is 12.5. The normalized spacial score (nSPS) is 19.7. The highest BCUT2D eigenvalue weighted by Crippen LogP contribution is 2.49. The van der Waals surface area contributed by atoms with Gasteiger partial charge in [-0.05, 0) is 46.0 Å². The Balaban J connectivity index is 2.94. The maximum Gasteiger partial charge on any atom is 0.224 e. The van der Waals surface area contributed by atoms with E-state index in [9.17, 15) is 9.59 Å². The lowest BCUT2D eigenvalue weighted by atomic mass is 9.58. The molecular weight excluding hydrogens is 240 g/mol. The van der Waals surface area contributed by atoms with Crippen LogP contribution in [0.2, 0.25) is 0 Å². The number of nitrogens with two attached hydrogens (primary N) is 1. The van der Waals surface area contributed by atoms with Crippen molar-refractivity contribution in [1.29, 1.82) is 0 Å². The zero-order valence-corrected chi connectivity index (χ0v) is 12.9. The summed E-state index contributed by atoms with van der Waals surface area (Å²) in [6.45, 7) is 10.0. The summed E-state index contributed by atoms with van der Waals surface area (Å²) in [6, 6.07) is 0. The van der Waals surface area contributed by atoms with Gasteiger partial charge in [0.15, 0.2) is 0 Å². The van der Waals surface area contributed by atoms with Crippen molar-refractivity contribution in [2.45, 2.75) is 65.8 Å². The summed E-state index contributed by atoms with van der Waals surface area (Å²) in [5, 5.41) is 3.01. The van der Waals surface area contributed by atoms with Crippen LogP contribution in [-0.4, -0.2) is 17.4 Å². The molecule has 0 aromatic carbocycles. The Hall–Kier alpha value is -1.06. The number of hydrogen-bond acceptors (Lipinski definition) is 2. The predicted octanol–water partition coefficient (Wildman–Crippen LogP) is 2.22. The Morgan fingerprint density at radius 3 is 2.05 bits per heavy atom. The lowest BCUT2D eigenvalue weighted by Gasteiger charge is -2.45. The van der Waals surface area contributed by atoms with Crippen LogP contribution in [0.1, 0.15) is 60.3 Å². The van der Waals surface area contributed by atoms with E-state index in [0.717, 1.165) is 19.3 Å². The van der Waals surface area contributed by atoms with Gasteiger partial charge < -0.3 is 11.1 Å². The number of carbonyl (C=O) groups is 2. The summed E-state index contributed by atoms with van der Waals surface area (Å²) >= 11 is 0. The average molecular weight is 268 g/mol. The van der Waals surface area contributed by atoms with Gasteiger partial charge in [0.2, 0.25) is 11.8 Å². The highest BCUT2D eigenvalue weighted by Gasteiger charge is 2.52. The number of amides is 2. The van der Waals surface area contributed by atoms with Crippen LogP contribution in [0, 0.1) is 17.3 Å². The lowest BCUT2D eigenvalue weighted by molar-refractivity contribution is -0.148. The van der Waals surface area contributed by atoms with Gasteiger partial charge in [-0.2, -0.15) is 0 Å². The molecule has 1 aliphatic rings. The molecule has 1 atom stereocenters. The van der Waals surface area contributed by atoms with E-state index in [0.29, 0.717) is 12.3 Å². The molecule has 0 radical (unpaired) electrons. The van der Waals surface area contributed by atoms with Crippen molar-refractivity contribution in [3.63, 3.8) is 0 Å². The smallest absolute Gasteiger partial charge is 0.224 e. The molecule has 0 heterocycles. The molecule has 1 rings (SSSR count). The van der Waals surface area contributed by atoms with Crippen LogP contribution in [0.4, 0.5) is 0 Å². The van der Waals surface area contributed by atoms with Crippen molar-refractivity contribution in [3.05, 3.63) is 0 Å². The molecule has 0 aromatic rings. The molecule has 0 spiro atoms. The van der Waals surface area contributed by atoms with Crippen LogP contribution in [0.3, 0.4) is 0 Å². The van der Waals surface area contributed by atoms with Crippen molar-refractivity contribution in [3.8, 4) is 0 Å². The Labute approximate surface area is 116 Å². The summed E-state index contributed by atoms with van der Waals surface area (Å²) in [6.07, 6.45) is 3.19. The fraction of sp³-hybridized carbons (Fsp3) is 0.867. The largest absolute Gasteiger partial charge is 0.369 e. The first-order valence-corrected chi connectivity index (χ1v) is 7.20.